The van der Waals surface area contributed by atoms with Crippen LogP contribution in [-0.4, -0.2) is 43.0 Å². The first kappa shape index (κ1) is 17.0. The van der Waals surface area contributed by atoms with Crippen LogP contribution in [0.15, 0.2) is 42.5 Å². The van der Waals surface area contributed by atoms with Crippen molar-refractivity contribution < 1.29 is 23.1 Å². The number of ether oxygens (including phenoxy) is 1. The molecule has 7 heteroatoms. The number of anilines is 1. The standard InChI is InChI=1S/C18H16F2N2O3/c19-13-5-3-6-14(20)16(13)17(23)21-15-7-2-1-4-12(15)18(24)22-8-10-25-11-9-22/h1-7H,8-11H2,(H,21,23). The van der Waals surface area contributed by atoms with E-state index in [1.807, 2.05) is 0 Å². The second-order valence-electron chi connectivity index (χ2n) is 5.50. The molecule has 2 aromatic rings. The zero-order chi connectivity index (χ0) is 17.8. The van der Waals surface area contributed by atoms with Crippen LogP contribution in [0.5, 0.6) is 0 Å². The van der Waals surface area contributed by atoms with Gasteiger partial charge in [-0.1, -0.05) is 18.2 Å². The maximum Gasteiger partial charge on any atom is 0.261 e. The first-order valence-electron chi connectivity index (χ1n) is 7.79. The molecular weight excluding hydrogens is 330 g/mol. The van der Waals surface area contributed by atoms with Crippen molar-refractivity contribution in [1.82, 2.24) is 4.90 Å². The molecule has 1 saturated heterocycles. The smallest absolute Gasteiger partial charge is 0.261 e. The Morgan fingerprint density at radius 1 is 0.960 bits per heavy atom. The summed E-state index contributed by atoms with van der Waals surface area (Å²) in [4.78, 5) is 26.5. The van der Waals surface area contributed by atoms with E-state index in [1.165, 1.54) is 12.1 Å². The molecule has 3 rings (SSSR count). The van der Waals surface area contributed by atoms with Crippen molar-refractivity contribution in [2.75, 3.05) is 31.6 Å². The summed E-state index contributed by atoms with van der Waals surface area (Å²) in [6, 6.07) is 9.55. The highest BCUT2D eigenvalue weighted by Crippen LogP contribution is 2.20. The van der Waals surface area contributed by atoms with Crippen LogP contribution < -0.4 is 5.32 Å². The molecule has 2 amide bonds. The van der Waals surface area contributed by atoms with Crippen LogP contribution >= 0.6 is 0 Å². The molecule has 0 aromatic heterocycles. The van der Waals surface area contributed by atoms with Crippen LogP contribution in [0.2, 0.25) is 0 Å². The fourth-order valence-electron chi connectivity index (χ4n) is 2.61. The average Bonchev–Trinajstić information content (AvgIpc) is 2.62. The van der Waals surface area contributed by atoms with Gasteiger partial charge >= 0.3 is 0 Å². The first-order chi connectivity index (χ1) is 12.1. The lowest BCUT2D eigenvalue weighted by molar-refractivity contribution is 0.0303. The molecule has 0 saturated carbocycles. The first-order valence-corrected chi connectivity index (χ1v) is 7.79. The van der Waals surface area contributed by atoms with Gasteiger partial charge in [-0.25, -0.2) is 8.78 Å². The van der Waals surface area contributed by atoms with Crippen LogP contribution in [0.1, 0.15) is 20.7 Å². The van der Waals surface area contributed by atoms with Crippen molar-refractivity contribution in [3.05, 3.63) is 65.2 Å². The van der Waals surface area contributed by atoms with Gasteiger partial charge in [0, 0.05) is 13.1 Å². The Labute approximate surface area is 143 Å². The number of nitrogens with one attached hydrogen (secondary N) is 1. The van der Waals surface area contributed by atoms with Gasteiger partial charge in [0.05, 0.1) is 24.5 Å². The summed E-state index contributed by atoms with van der Waals surface area (Å²) in [6.45, 7) is 1.79. The lowest BCUT2D eigenvalue weighted by Crippen LogP contribution is -2.41. The molecule has 1 fully saturated rings. The number of para-hydroxylation sites is 1. The zero-order valence-electron chi connectivity index (χ0n) is 13.3. The highest BCUT2D eigenvalue weighted by Gasteiger charge is 2.23. The van der Waals surface area contributed by atoms with Crippen molar-refractivity contribution in [1.29, 1.82) is 0 Å². The van der Waals surface area contributed by atoms with Crippen molar-refractivity contribution in [3.8, 4) is 0 Å². The van der Waals surface area contributed by atoms with E-state index in [2.05, 4.69) is 5.32 Å². The van der Waals surface area contributed by atoms with Crippen molar-refractivity contribution >= 4 is 17.5 Å². The topological polar surface area (TPSA) is 58.6 Å². The van der Waals surface area contributed by atoms with Crippen molar-refractivity contribution in [2.24, 2.45) is 0 Å². The van der Waals surface area contributed by atoms with Gasteiger partial charge in [-0.2, -0.15) is 0 Å². The Morgan fingerprint density at radius 2 is 1.60 bits per heavy atom. The number of morpholine rings is 1. The predicted octanol–water partition coefficient (Wildman–Crippen LogP) is 2.69. The Morgan fingerprint density at radius 3 is 2.28 bits per heavy atom. The fraction of sp³-hybridized carbons (Fsp3) is 0.222. The Kier molecular flexibility index (Phi) is 5.04. The number of nitrogens with zero attached hydrogens (tertiary/aromatic N) is 1. The molecule has 25 heavy (non-hydrogen) atoms. The van der Waals surface area contributed by atoms with E-state index < -0.39 is 23.1 Å². The van der Waals surface area contributed by atoms with E-state index in [9.17, 15) is 18.4 Å². The summed E-state index contributed by atoms with van der Waals surface area (Å²) in [5, 5.41) is 2.43. The zero-order valence-corrected chi connectivity index (χ0v) is 13.3. The lowest BCUT2D eigenvalue weighted by atomic mass is 10.1. The van der Waals surface area contributed by atoms with E-state index in [0.717, 1.165) is 12.1 Å². The van der Waals surface area contributed by atoms with Gasteiger partial charge < -0.3 is 15.0 Å². The monoisotopic (exact) mass is 346 g/mol. The molecule has 1 N–H and O–H groups in total. The molecule has 1 aliphatic heterocycles. The van der Waals surface area contributed by atoms with Crippen LogP contribution in [0, 0.1) is 11.6 Å². The third kappa shape index (κ3) is 3.66. The van der Waals surface area contributed by atoms with E-state index in [4.69, 9.17) is 4.74 Å². The fourth-order valence-corrected chi connectivity index (χ4v) is 2.61. The van der Waals surface area contributed by atoms with Crippen LogP contribution in [-0.2, 0) is 4.74 Å². The number of carbonyl (C=O) groups is 2. The van der Waals surface area contributed by atoms with Gasteiger partial charge in [-0.15, -0.1) is 0 Å². The van der Waals surface area contributed by atoms with Gasteiger partial charge in [-0.3, -0.25) is 9.59 Å². The predicted molar refractivity (Wildman–Crippen MR) is 87.5 cm³/mol. The minimum Gasteiger partial charge on any atom is -0.378 e. The largest absolute Gasteiger partial charge is 0.378 e. The van der Waals surface area contributed by atoms with Crippen LogP contribution in [0.3, 0.4) is 0 Å². The highest BCUT2D eigenvalue weighted by molar-refractivity contribution is 6.09. The second-order valence-corrected chi connectivity index (χ2v) is 5.50. The molecule has 5 nitrogen and oxygen atoms in total. The van der Waals surface area contributed by atoms with Gasteiger partial charge in [0.15, 0.2) is 0 Å². The molecule has 1 aliphatic rings. The highest BCUT2D eigenvalue weighted by atomic mass is 19.1. The van der Waals surface area contributed by atoms with E-state index in [-0.39, 0.29) is 17.2 Å². The summed E-state index contributed by atoms with van der Waals surface area (Å²) in [5.41, 5.74) is -0.225. The minimum absolute atomic E-state index is 0.201. The summed E-state index contributed by atoms with van der Waals surface area (Å²) in [6.07, 6.45) is 0. The maximum atomic E-state index is 13.8. The normalized spacial score (nSPS) is 14.2. The molecule has 130 valence electrons. The third-order valence-electron chi connectivity index (χ3n) is 3.89. The molecular formula is C18H16F2N2O3. The molecule has 0 atom stereocenters. The second kappa shape index (κ2) is 7.40. The number of halogens is 2. The average molecular weight is 346 g/mol. The maximum absolute atomic E-state index is 13.8. The summed E-state index contributed by atoms with van der Waals surface area (Å²) < 4.78 is 32.7. The molecule has 1 heterocycles. The minimum atomic E-state index is -0.963. The number of carbonyl (C=O) groups excluding carboxylic acids is 2. The number of amides is 2. The van der Waals surface area contributed by atoms with Crippen LogP contribution in [0.25, 0.3) is 0 Å². The lowest BCUT2D eigenvalue weighted by Gasteiger charge is -2.27. The van der Waals surface area contributed by atoms with Crippen molar-refractivity contribution in [3.63, 3.8) is 0 Å². The molecule has 0 bridgehead atoms. The van der Waals surface area contributed by atoms with E-state index in [1.54, 1.807) is 23.1 Å². The van der Waals surface area contributed by atoms with Gasteiger partial charge in [0.1, 0.15) is 17.2 Å². The molecule has 0 radical (unpaired) electrons. The van der Waals surface area contributed by atoms with E-state index in [0.29, 0.717) is 26.3 Å². The number of hydrogen-bond acceptors (Lipinski definition) is 3. The van der Waals surface area contributed by atoms with Crippen molar-refractivity contribution in [2.45, 2.75) is 0 Å². The van der Waals surface area contributed by atoms with Gasteiger partial charge in [0.25, 0.3) is 11.8 Å². The summed E-state index contributed by atoms with van der Waals surface area (Å²) in [5.74, 6) is -3.14. The molecule has 0 spiro atoms. The SMILES string of the molecule is O=C(Nc1ccccc1C(=O)N1CCOCC1)c1c(F)cccc1F. The number of benzene rings is 2. The summed E-state index contributed by atoms with van der Waals surface area (Å²) >= 11 is 0. The molecule has 0 aliphatic carbocycles. The van der Waals surface area contributed by atoms with E-state index >= 15 is 0 Å². The summed E-state index contributed by atoms with van der Waals surface area (Å²) in [7, 11) is 0. The quantitative estimate of drug-likeness (QED) is 0.930. The Bertz CT molecular complexity index is 784. The van der Waals surface area contributed by atoms with Gasteiger partial charge in [-0.05, 0) is 24.3 Å². The third-order valence-corrected chi connectivity index (χ3v) is 3.89. The molecule has 0 unspecified atom stereocenters. The Balaban J connectivity index is 1.86. The van der Waals surface area contributed by atoms with Crippen LogP contribution in [0.4, 0.5) is 14.5 Å². The van der Waals surface area contributed by atoms with Gasteiger partial charge in [0.2, 0.25) is 0 Å². The Hall–Kier alpha value is -2.80. The number of rotatable bonds is 3. The number of hydrogen-bond donors (Lipinski definition) is 1. The molecule has 2 aromatic carbocycles.